The Hall–Kier alpha value is -5.44. The van der Waals surface area contributed by atoms with Gasteiger partial charge in [-0.3, -0.25) is 0 Å². The van der Waals surface area contributed by atoms with Crippen LogP contribution < -0.4 is 9.47 Å². The summed E-state index contributed by atoms with van der Waals surface area (Å²) in [5, 5.41) is 4.47. The average molecular weight is 653 g/mol. The molecule has 0 amide bonds. The Morgan fingerprint density at radius 3 is 1.26 bits per heavy atom. The molecule has 0 aromatic heterocycles. The van der Waals surface area contributed by atoms with Gasteiger partial charge >= 0.3 is 0 Å². The molecule has 0 spiro atoms. The lowest BCUT2D eigenvalue weighted by atomic mass is 9.91. The summed E-state index contributed by atoms with van der Waals surface area (Å²) >= 11 is 0. The van der Waals surface area contributed by atoms with Gasteiger partial charge in [0, 0.05) is 33.4 Å². The maximum Gasteiger partial charge on any atom is 0.128 e. The third-order valence-electron chi connectivity index (χ3n) is 9.56. The van der Waals surface area contributed by atoms with Crippen molar-refractivity contribution < 1.29 is 9.47 Å². The molecule has 0 bridgehead atoms. The zero-order valence-electron chi connectivity index (χ0n) is 29.3. The van der Waals surface area contributed by atoms with Gasteiger partial charge in [-0.15, -0.1) is 0 Å². The number of hydrogen-bond donors (Lipinski definition) is 0. The Morgan fingerprint density at radius 2 is 0.840 bits per heavy atom. The number of unbranched alkanes of at least 4 members (excludes halogenated alkanes) is 4. The van der Waals surface area contributed by atoms with E-state index >= 15 is 0 Å². The third kappa shape index (κ3) is 7.72. The maximum atomic E-state index is 6.29. The van der Waals surface area contributed by atoms with Crippen molar-refractivity contribution in [3.63, 3.8) is 0 Å². The summed E-state index contributed by atoms with van der Waals surface area (Å²) in [6.45, 7) is 5.47. The number of rotatable bonds is 8. The fraction of sp³-hybridized carbons (Fsp3) is 0.250. The Morgan fingerprint density at radius 1 is 0.440 bits per heavy atom. The van der Waals surface area contributed by atoms with Gasteiger partial charge in [-0.1, -0.05) is 112 Å². The summed E-state index contributed by atoms with van der Waals surface area (Å²) in [6.07, 6.45) is 9.79. The molecule has 50 heavy (non-hydrogen) atoms. The van der Waals surface area contributed by atoms with E-state index in [2.05, 4.69) is 147 Å². The standard InChI is InChI=1S/C48H44O2/c1-3-5-7-9-35-11-15-37(16-12-35)19-21-39-23-27-43-41(33-39)25-29-45-47(43)48-44-28-24-40(34-42(44)26-30-46(48)50-32-31-49-45)22-20-38-17-13-36(14-18-38)10-8-6-4-2/h11-18,23-30,33-34H,3-10,31-32H2,1-2H3. The fourth-order valence-corrected chi connectivity index (χ4v) is 6.79. The van der Waals surface area contributed by atoms with Crippen molar-refractivity contribution in [3.05, 3.63) is 143 Å². The summed E-state index contributed by atoms with van der Waals surface area (Å²) in [6, 6.07) is 38.8. The molecule has 248 valence electrons. The van der Waals surface area contributed by atoms with Crippen LogP contribution in [0.1, 0.15) is 85.8 Å². The van der Waals surface area contributed by atoms with Crippen LogP contribution in [-0.2, 0) is 12.8 Å². The molecule has 7 rings (SSSR count). The smallest absolute Gasteiger partial charge is 0.128 e. The van der Waals surface area contributed by atoms with Gasteiger partial charge in [-0.05, 0) is 119 Å². The van der Waals surface area contributed by atoms with Crippen molar-refractivity contribution in [2.24, 2.45) is 0 Å². The summed E-state index contributed by atoms with van der Waals surface area (Å²) in [5.74, 6) is 15.3. The number of fused-ring (bicyclic) bond motifs is 7. The van der Waals surface area contributed by atoms with Crippen molar-refractivity contribution in [2.75, 3.05) is 13.2 Å². The van der Waals surface area contributed by atoms with Gasteiger partial charge in [0.15, 0.2) is 0 Å². The normalized spacial score (nSPS) is 11.9. The van der Waals surface area contributed by atoms with Crippen LogP contribution in [-0.4, -0.2) is 13.2 Å². The number of aryl methyl sites for hydroxylation is 2. The van der Waals surface area contributed by atoms with E-state index in [4.69, 9.17) is 9.47 Å². The van der Waals surface area contributed by atoms with E-state index in [0.29, 0.717) is 13.2 Å². The first kappa shape index (κ1) is 33.1. The van der Waals surface area contributed by atoms with E-state index in [1.165, 1.54) is 49.7 Å². The van der Waals surface area contributed by atoms with Gasteiger partial charge in [-0.2, -0.15) is 0 Å². The zero-order valence-corrected chi connectivity index (χ0v) is 29.3. The number of benzene rings is 6. The van der Waals surface area contributed by atoms with E-state index in [1.54, 1.807) is 0 Å². The van der Waals surface area contributed by atoms with Gasteiger partial charge < -0.3 is 9.47 Å². The summed E-state index contributed by atoms with van der Waals surface area (Å²) in [5.41, 5.74) is 8.92. The molecule has 2 heteroatoms. The molecule has 0 atom stereocenters. The highest BCUT2D eigenvalue weighted by Crippen LogP contribution is 2.46. The molecule has 0 N–H and O–H groups in total. The van der Waals surface area contributed by atoms with Crippen molar-refractivity contribution in [2.45, 2.75) is 65.2 Å². The maximum absolute atomic E-state index is 6.29. The molecule has 0 aliphatic carbocycles. The molecule has 2 nitrogen and oxygen atoms in total. The number of ether oxygens (including phenoxy) is 2. The molecule has 0 fully saturated rings. The van der Waals surface area contributed by atoms with Crippen LogP contribution in [0.4, 0.5) is 0 Å². The van der Waals surface area contributed by atoms with Crippen molar-refractivity contribution in [1.82, 2.24) is 0 Å². The molecular formula is C48H44O2. The highest BCUT2D eigenvalue weighted by molar-refractivity contribution is 6.10. The molecule has 0 saturated carbocycles. The molecule has 0 unspecified atom stereocenters. The second-order valence-electron chi connectivity index (χ2n) is 13.3. The Kier molecular flexibility index (Phi) is 10.5. The predicted octanol–water partition coefficient (Wildman–Crippen LogP) is 11.7. The SMILES string of the molecule is CCCCCc1ccc(C#Cc2ccc3c4c(ccc3c2)OCCOc2ccc3cc(C#Cc5ccc(CCCCC)cc5)ccc3c2-4)cc1. The molecule has 6 aromatic carbocycles. The van der Waals surface area contributed by atoms with Gasteiger partial charge in [0.05, 0.1) is 0 Å². The van der Waals surface area contributed by atoms with Crippen LogP contribution in [0.3, 0.4) is 0 Å². The molecule has 6 aromatic rings. The van der Waals surface area contributed by atoms with Gasteiger partial charge in [0.2, 0.25) is 0 Å². The Balaban J connectivity index is 1.19. The van der Waals surface area contributed by atoms with E-state index in [9.17, 15) is 0 Å². The minimum absolute atomic E-state index is 0.491. The van der Waals surface area contributed by atoms with Crippen LogP contribution in [0.15, 0.2) is 109 Å². The largest absolute Gasteiger partial charge is 0.489 e. The van der Waals surface area contributed by atoms with E-state index in [1.807, 2.05) is 0 Å². The number of hydrogen-bond acceptors (Lipinski definition) is 2. The third-order valence-corrected chi connectivity index (χ3v) is 9.56. The summed E-state index contributed by atoms with van der Waals surface area (Å²) < 4.78 is 12.6. The van der Waals surface area contributed by atoms with Crippen LogP contribution in [0.5, 0.6) is 11.5 Å². The van der Waals surface area contributed by atoms with Crippen LogP contribution in [0.2, 0.25) is 0 Å². The van der Waals surface area contributed by atoms with Gasteiger partial charge in [0.1, 0.15) is 24.7 Å². The molecule has 1 aliphatic rings. The molecule has 1 aliphatic heterocycles. The lowest BCUT2D eigenvalue weighted by Crippen LogP contribution is -2.12. The quantitative estimate of drug-likeness (QED) is 0.120. The molecular weight excluding hydrogens is 609 g/mol. The van der Waals surface area contributed by atoms with E-state index < -0.39 is 0 Å². The van der Waals surface area contributed by atoms with E-state index in [-0.39, 0.29) is 0 Å². The fourth-order valence-electron chi connectivity index (χ4n) is 6.79. The zero-order chi connectivity index (χ0) is 34.1. The van der Waals surface area contributed by atoms with Crippen LogP contribution in [0, 0.1) is 23.7 Å². The summed E-state index contributed by atoms with van der Waals surface area (Å²) in [4.78, 5) is 0. The average Bonchev–Trinajstić information content (AvgIpc) is 3.14. The minimum atomic E-state index is 0.491. The second-order valence-corrected chi connectivity index (χ2v) is 13.3. The first-order valence-corrected chi connectivity index (χ1v) is 18.3. The molecule has 0 saturated heterocycles. The molecule has 1 heterocycles. The van der Waals surface area contributed by atoms with Gasteiger partial charge in [-0.25, -0.2) is 0 Å². The molecule has 0 radical (unpaired) electrons. The first-order chi connectivity index (χ1) is 24.7. The van der Waals surface area contributed by atoms with E-state index in [0.717, 1.165) is 79.3 Å². The van der Waals surface area contributed by atoms with Crippen molar-refractivity contribution in [1.29, 1.82) is 0 Å². The van der Waals surface area contributed by atoms with Crippen LogP contribution in [0.25, 0.3) is 32.7 Å². The minimum Gasteiger partial charge on any atom is -0.489 e. The lowest BCUT2D eigenvalue weighted by Gasteiger charge is -2.22. The summed E-state index contributed by atoms with van der Waals surface area (Å²) in [7, 11) is 0. The first-order valence-electron chi connectivity index (χ1n) is 18.3. The second kappa shape index (κ2) is 15.8. The monoisotopic (exact) mass is 652 g/mol. The topological polar surface area (TPSA) is 18.5 Å². The van der Waals surface area contributed by atoms with Crippen LogP contribution >= 0.6 is 0 Å². The highest BCUT2D eigenvalue weighted by atomic mass is 16.5. The van der Waals surface area contributed by atoms with Crippen molar-refractivity contribution >= 4 is 21.5 Å². The Labute approximate surface area is 297 Å². The van der Waals surface area contributed by atoms with Gasteiger partial charge in [0.25, 0.3) is 0 Å². The van der Waals surface area contributed by atoms with Crippen molar-refractivity contribution in [3.8, 4) is 46.3 Å². The predicted molar refractivity (Wildman–Crippen MR) is 209 cm³/mol. The Bertz CT molecular complexity index is 2070. The lowest BCUT2D eigenvalue weighted by molar-refractivity contribution is 0.215. The highest BCUT2D eigenvalue weighted by Gasteiger charge is 2.21.